The number of piperazine rings is 1. The highest BCUT2D eigenvalue weighted by Gasteiger charge is 2.42. The second kappa shape index (κ2) is 9.80. The van der Waals surface area contributed by atoms with E-state index in [0.717, 1.165) is 34.2 Å². The standard InChI is InChI=1S/C22H19ClF4N4O3/c1-12(2-7-17(28)32)19-21(34)31(20-16(24)8-15(23)9-29-20)11-18(33)30(19)10-13-3-5-14(6-4-13)22(25,26)27/h3-6,8-9,19H,1-2,7,10-11H2,(H2,28,32)/t19-/m1/s1. The summed E-state index contributed by atoms with van der Waals surface area (Å²) in [6.45, 7) is 3.03. The van der Waals surface area contributed by atoms with Gasteiger partial charge in [0.25, 0.3) is 5.91 Å². The van der Waals surface area contributed by atoms with Gasteiger partial charge in [-0.1, -0.05) is 30.3 Å². The van der Waals surface area contributed by atoms with Crippen molar-refractivity contribution in [3.8, 4) is 0 Å². The van der Waals surface area contributed by atoms with E-state index in [1.807, 2.05) is 0 Å². The number of alkyl halides is 3. The van der Waals surface area contributed by atoms with Gasteiger partial charge in [-0.3, -0.25) is 19.3 Å². The second-order valence-electron chi connectivity index (χ2n) is 7.63. The molecule has 2 heterocycles. The first-order valence-electron chi connectivity index (χ1n) is 9.92. The molecule has 0 aliphatic carbocycles. The molecule has 0 spiro atoms. The third-order valence-corrected chi connectivity index (χ3v) is 5.39. The van der Waals surface area contributed by atoms with E-state index >= 15 is 0 Å². The van der Waals surface area contributed by atoms with Crippen molar-refractivity contribution in [1.82, 2.24) is 9.88 Å². The summed E-state index contributed by atoms with van der Waals surface area (Å²) in [5.41, 5.74) is 4.79. The van der Waals surface area contributed by atoms with E-state index in [1.165, 1.54) is 12.1 Å². The quantitative estimate of drug-likeness (QED) is 0.467. The zero-order valence-corrected chi connectivity index (χ0v) is 18.4. The highest BCUT2D eigenvalue weighted by molar-refractivity contribution is 6.30. The Bertz CT molecular complexity index is 1140. The average molecular weight is 499 g/mol. The van der Waals surface area contributed by atoms with Gasteiger partial charge in [0.15, 0.2) is 11.6 Å². The number of aromatic nitrogens is 1. The van der Waals surface area contributed by atoms with E-state index in [4.69, 9.17) is 17.3 Å². The smallest absolute Gasteiger partial charge is 0.370 e. The van der Waals surface area contributed by atoms with Crippen molar-refractivity contribution in [2.45, 2.75) is 31.6 Å². The van der Waals surface area contributed by atoms with Crippen molar-refractivity contribution < 1.29 is 31.9 Å². The Morgan fingerprint density at radius 3 is 2.41 bits per heavy atom. The molecule has 3 rings (SSSR count). The molecule has 1 aliphatic heterocycles. The minimum Gasteiger partial charge on any atom is -0.370 e. The highest BCUT2D eigenvalue weighted by atomic mass is 35.5. The SMILES string of the molecule is C=C(CCC(N)=O)[C@@H]1C(=O)N(c2ncc(Cl)cc2F)CC(=O)N1Cc1ccc(C(F)(F)F)cc1. The largest absolute Gasteiger partial charge is 0.416 e. The summed E-state index contributed by atoms with van der Waals surface area (Å²) in [4.78, 5) is 43.4. The normalized spacial score (nSPS) is 16.7. The third-order valence-electron chi connectivity index (χ3n) is 5.18. The molecular formula is C22H19ClF4N4O3. The lowest BCUT2D eigenvalue weighted by atomic mass is 9.97. The molecule has 180 valence electrons. The lowest BCUT2D eigenvalue weighted by molar-refractivity contribution is -0.142. The Morgan fingerprint density at radius 2 is 1.85 bits per heavy atom. The molecule has 12 heteroatoms. The van der Waals surface area contributed by atoms with Gasteiger partial charge >= 0.3 is 6.18 Å². The molecule has 3 amide bonds. The summed E-state index contributed by atoms with van der Waals surface area (Å²) in [6, 6.07) is 3.73. The van der Waals surface area contributed by atoms with Crippen molar-refractivity contribution in [3.63, 3.8) is 0 Å². The summed E-state index contributed by atoms with van der Waals surface area (Å²) in [7, 11) is 0. The number of rotatable bonds is 7. The molecule has 2 N–H and O–H groups in total. The fraction of sp³-hybridized carbons (Fsp3) is 0.273. The minimum atomic E-state index is -4.53. The summed E-state index contributed by atoms with van der Waals surface area (Å²) in [5, 5.41) is -0.0108. The molecule has 1 fully saturated rings. The van der Waals surface area contributed by atoms with Crippen LogP contribution in [0.4, 0.5) is 23.4 Å². The number of carbonyl (C=O) groups is 3. The van der Waals surface area contributed by atoms with E-state index < -0.39 is 53.7 Å². The number of benzene rings is 1. The van der Waals surface area contributed by atoms with Crippen molar-refractivity contribution in [3.05, 3.63) is 70.6 Å². The summed E-state index contributed by atoms with van der Waals surface area (Å²) in [6.07, 6.45) is -3.61. The molecular weight excluding hydrogens is 480 g/mol. The average Bonchev–Trinajstić information content (AvgIpc) is 2.74. The fourth-order valence-corrected chi connectivity index (χ4v) is 3.65. The molecule has 1 atom stereocenters. The lowest BCUT2D eigenvalue weighted by Crippen LogP contribution is -2.60. The van der Waals surface area contributed by atoms with Crippen molar-refractivity contribution >= 4 is 35.1 Å². The summed E-state index contributed by atoms with van der Waals surface area (Å²) < 4.78 is 53.0. The number of hydrogen-bond donors (Lipinski definition) is 1. The van der Waals surface area contributed by atoms with E-state index in [0.29, 0.717) is 5.56 Å². The fourth-order valence-electron chi connectivity index (χ4n) is 3.50. The predicted molar refractivity (Wildman–Crippen MR) is 115 cm³/mol. The Morgan fingerprint density at radius 1 is 1.21 bits per heavy atom. The van der Waals surface area contributed by atoms with Crippen molar-refractivity contribution in [2.75, 3.05) is 11.4 Å². The Kier molecular flexibility index (Phi) is 7.25. The monoisotopic (exact) mass is 498 g/mol. The van der Waals surface area contributed by atoms with Gasteiger partial charge in [0.2, 0.25) is 11.8 Å². The second-order valence-corrected chi connectivity index (χ2v) is 8.06. The number of pyridine rings is 1. The van der Waals surface area contributed by atoms with Gasteiger partial charge in [-0.05, 0) is 35.8 Å². The van der Waals surface area contributed by atoms with E-state index in [2.05, 4.69) is 11.6 Å². The van der Waals surface area contributed by atoms with Crippen LogP contribution >= 0.6 is 11.6 Å². The maximum absolute atomic E-state index is 14.5. The molecule has 0 saturated carbocycles. The number of primary amides is 1. The van der Waals surface area contributed by atoms with Crippen LogP contribution in [0, 0.1) is 5.82 Å². The van der Waals surface area contributed by atoms with Crippen LogP contribution in [0.1, 0.15) is 24.0 Å². The third kappa shape index (κ3) is 5.53. The van der Waals surface area contributed by atoms with Crippen LogP contribution in [0.2, 0.25) is 5.02 Å². The molecule has 0 bridgehead atoms. The number of anilines is 1. The molecule has 0 radical (unpaired) electrons. The minimum absolute atomic E-state index is 0.0108. The van der Waals surface area contributed by atoms with Crippen LogP contribution in [0.5, 0.6) is 0 Å². The molecule has 0 unspecified atom stereocenters. The molecule has 1 aromatic carbocycles. The predicted octanol–water partition coefficient (Wildman–Crippen LogP) is 3.46. The highest BCUT2D eigenvalue weighted by Crippen LogP contribution is 2.31. The summed E-state index contributed by atoms with van der Waals surface area (Å²) in [5.74, 6) is -3.36. The van der Waals surface area contributed by atoms with E-state index in [9.17, 15) is 31.9 Å². The van der Waals surface area contributed by atoms with Gasteiger partial charge in [-0.2, -0.15) is 13.2 Å². The molecule has 34 heavy (non-hydrogen) atoms. The topological polar surface area (TPSA) is 96.6 Å². The van der Waals surface area contributed by atoms with Gasteiger partial charge in [0.1, 0.15) is 12.6 Å². The van der Waals surface area contributed by atoms with Gasteiger partial charge in [-0.15, -0.1) is 0 Å². The van der Waals surface area contributed by atoms with Crippen LogP contribution in [-0.4, -0.2) is 40.2 Å². The zero-order chi connectivity index (χ0) is 25.2. The zero-order valence-electron chi connectivity index (χ0n) is 17.6. The molecule has 2 aromatic rings. The number of nitrogens with two attached hydrogens (primary N) is 1. The van der Waals surface area contributed by atoms with Crippen LogP contribution in [0.3, 0.4) is 0 Å². The maximum Gasteiger partial charge on any atom is 0.416 e. The first-order chi connectivity index (χ1) is 15.9. The molecule has 7 nitrogen and oxygen atoms in total. The van der Waals surface area contributed by atoms with Gasteiger partial charge < -0.3 is 10.6 Å². The molecule has 1 saturated heterocycles. The molecule has 1 aromatic heterocycles. The van der Waals surface area contributed by atoms with Crippen molar-refractivity contribution in [2.24, 2.45) is 5.73 Å². The Labute approximate surface area is 196 Å². The first-order valence-corrected chi connectivity index (χ1v) is 10.3. The van der Waals surface area contributed by atoms with Crippen LogP contribution in [-0.2, 0) is 27.1 Å². The van der Waals surface area contributed by atoms with Gasteiger partial charge in [0.05, 0.1) is 10.6 Å². The van der Waals surface area contributed by atoms with Crippen LogP contribution in [0.25, 0.3) is 0 Å². The number of nitrogens with zero attached hydrogens (tertiary/aromatic N) is 3. The maximum atomic E-state index is 14.5. The lowest BCUT2D eigenvalue weighted by Gasteiger charge is -2.40. The Balaban J connectivity index is 1.94. The first kappa shape index (κ1) is 25.2. The van der Waals surface area contributed by atoms with Gasteiger partial charge in [0, 0.05) is 19.2 Å². The van der Waals surface area contributed by atoms with Crippen molar-refractivity contribution in [1.29, 1.82) is 0 Å². The number of hydrogen-bond acceptors (Lipinski definition) is 4. The number of amides is 3. The van der Waals surface area contributed by atoms with Gasteiger partial charge in [-0.25, -0.2) is 9.37 Å². The van der Waals surface area contributed by atoms with E-state index in [1.54, 1.807) is 0 Å². The van der Waals surface area contributed by atoms with Crippen LogP contribution in [0.15, 0.2) is 48.7 Å². The summed E-state index contributed by atoms with van der Waals surface area (Å²) >= 11 is 5.71. The molecule has 1 aliphatic rings. The van der Waals surface area contributed by atoms with E-state index in [-0.39, 0.29) is 30.0 Å². The Hall–Kier alpha value is -3.47. The number of halogens is 5. The van der Waals surface area contributed by atoms with Crippen LogP contribution < -0.4 is 10.6 Å². The number of carbonyl (C=O) groups excluding carboxylic acids is 3.